The van der Waals surface area contributed by atoms with E-state index in [0.717, 1.165) is 29.9 Å². The Morgan fingerprint density at radius 1 is 1.25 bits per heavy atom. The van der Waals surface area contributed by atoms with Crippen molar-refractivity contribution in [3.05, 3.63) is 52.0 Å². The molecule has 1 aromatic heterocycles. The number of benzene rings is 1. The molecule has 0 spiro atoms. The molecule has 2 aromatic rings. The van der Waals surface area contributed by atoms with Gasteiger partial charge in [-0.3, -0.25) is 5.10 Å². The van der Waals surface area contributed by atoms with Crippen molar-refractivity contribution in [2.24, 2.45) is 11.7 Å². The van der Waals surface area contributed by atoms with Crippen LogP contribution in [-0.4, -0.2) is 23.3 Å². The minimum atomic E-state index is -0.704. The highest BCUT2D eigenvalue weighted by atomic mass is 16.5. The molecular formula is C22H27N5O. The fourth-order valence-corrected chi connectivity index (χ4v) is 4.91. The average molecular weight is 377 g/mol. The second kappa shape index (κ2) is 6.59. The number of aryl methyl sites for hydroxylation is 2. The Balaban J connectivity index is 2.04. The number of anilines is 1. The fourth-order valence-electron chi connectivity index (χ4n) is 4.91. The summed E-state index contributed by atoms with van der Waals surface area (Å²) in [6.45, 7) is 10.5. The summed E-state index contributed by atoms with van der Waals surface area (Å²) in [6.07, 6.45) is 2.43. The van der Waals surface area contributed by atoms with Crippen molar-refractivity contribution in [2.75, 3.05) is 18.0 Å². The van der Waals surface area contributed by atoms with E-state index >= 15 is 0 Å². The van der Waals surface area contributed by atoms with Crippen LogP contribution in [0.1, 0.15) is 49.1 Å². The molecule has 6 heteroatoms. The van der Waals surface area contributed by atoms with Crippen LogP contribution in [0.25, 0.3) is 0 Å². The van der Waals surface area contributed by atoms with Crippen LogP contribution < -0.4 is 15.4 Å². The molecule has 2 aliphatic rings. The van der Waals surface area contributed by atoms with Crippen molar-refractivity contribution >= 4 is 5.69 Å². The van der Waals surface area contributed by atoms with Crippen molar-refractivity contribution < 1.29 is 4.74 Å². The van der Waals surface area contributed by atoms with Gasteiger partial charge in [0.15, 0.2) is 0 Å². The van der Waals surface area contributed by atoms with Crippen molar-refractivity contribution in [3.63, 3.8) is 0 Å². The topological polar surface area (TPSA) is 91.0 Å². The molecule has 1 unspecified atom stereocenters. The molecule has 6 nitrogen and oxygen atoms in total. The van der Waals surface area contributed by atoms with Crippen LogP contribution in [0, 0.1) is 31.1 Å². The molecule has 0 amide bonds. The van der Waals surface area contributed by atoms with E-state index in [9.17, 15) is 5.26 Å². The van der Waals surface area contributed by atoms with E-state index in [2.05, 4.69) is 60.1 Å². The molecule has 0 aliphatic carbocycles. The SMILES string of the molecule is Cc1cc(N2CCCC2)cc(C2(C(C)C)C(C#N)=C(N)Oc3n[nH]c(C)c32)c1. The average Bonchev–Trinajstić information content (AvgIpc) is 3.30. The summed E-state index contributed by atoms with van der Waals surface area (Å²) in [5, 5.41) is 17.5. The number of nitriles is 1. The summed E-state index contributed by atoms with van der Waals surface area (Å²) in [4.78, 5) is 2.42. The number of hydrogen-bond donors (Lipinski definition) is 2. The molecule has 146 valence electrons. The highest BCUT2D eigenvalue weighted by molar-refractivity contribution is 5.65. The lowest BCUT2D eigenvalue weighted by molar-refractivity contribution is 0.323. The lowest BCUT2D eigenvalue weighted by atomic mass is 9.61. The van der Waals surface area contributed by atoms with Gasteiger partial charge in [-0.15, -0.1) is 5.10 Å². The predicted octanol–water partition coefficient (Wildman–Crippen LogP) is 3.66. The third kappa shape index (κ3) is 2.50. The smallest absolute Gasteiger partial charge is 0.244 e. The zero-order chi connectivity index (χ0) is 20.1. The molecule has 3 N–H and O–H groups in total. The first-order valence-corrected chi connectivity index (χ1v) is 9.90. The number of aromatic amines is 1. The zero-order valence-corrected chi connectivity index (χ0v) is 17.0. The molecule has 28 heavy (non-hydrogen) atoms. The number of ether oxygens (including phenoxy) is 1. The molecule has 0 bridgehead atoms. The number of nitrogens with one attached hydrogen (secondary N) is 1. The van der Waals surface area contributed by atoms with Gasteiger partial charge in [0.2, 0.25) is 11.8 Å². The highest BCUT2D eigenvalue weighted by Gasteiger charge is 2.50. The molecule has 2 aliphatic heterocycles. The lowest BCUT2D eigenvalue weighted by Crippen LogP contribution is -2.41. The Labute approximate surface area is 166 Å². The maximum Gasteiger partial charge on any atom is 0.244 e. The van der Waals surface area contributed by atoms with Gasteiger partial charge in [-0.2, -0.15) is 5.26 Å². The van der Waals surface area contributed by atoms with Gasteiger partial charge in [-0.1, -0.05) is 19.9 Å². The van der Waals surface area contributed by atoms with Gasteiger partial charge in [0.25, 0.3) is 0 Å². The Morgan fingerprint density at radius 2 is 1.96 bits per heavy atom. The third-order valence-corrected chi connectivity index (χ3v) is 6.12. The van der Waals surface area contributed by atoms with Gasteiger partial charge < -0.3 is 15.4 Å². The van der Waals surface area contributed by atoms with Crippen LogP contribution >= 0.6 is 0 Å². The third-order valence-electron chi connectivity index (χ3n) is 6.12. The van der Waals surface area contributed by atoms with Crippen LogP contribution in [0.3, 0.4) is 0 Å². The maximum absolute atomic E-state index is 10.1. The van der Waals surface area contributed by atoms with E-state index in [1.54, 1.807) is 0 Å². The molecule has 3 heterocycles. The summed E-state index contributed by atoms with van der Waals surface area (Å²) in [7, 11) is 0. The number of nitrogens with two attached hydrogens (primary N) is 1. The first-order valence-electron chi connectivity index (χ1n) is 9.90. The quantitative estimate of drug-likeness (QED) is 0.852. The van der Waals surface area contributed by atoms with Gasteiger partial charge in [-0.25, -0.2) is 0 Å². The second-order valence-corrected chi connectivity index (χ2v) is 8.20. The number of aromatic nitrogens is 2. The summed E-state index contributed by atoms with van der Waals surface area (Å²) in [6, 6.07) is 8.99. The molecular weight excluding hydrogens is 350 g/mol. The van der Waals surface area contributed by atoms with Crippen molar-refractivity contribution in [2.45, 2.75) is 46.0 Å². The van der Waals surface area contributed by atoms with Crippen LogP contribution in [0.4, 0.5) is 5.69 Å². The number of allylic oxidation sites excluding steroid dienone is 1. The van der Waals surface area contributed by atoms with E-state index < -0.39 is 5.41 Å². The molecule has 0 saturated carbocycles. The van der Waals surface area contributed by atoms with E-state index in [4.69, 9.17) is 10.5 Å². The number of hydrogen-bond acceptors (Lipinski definition) is 5. The Kier molecular flexibility index (Phi) is 4.34. The van der Waals surface area contributed by atoms with E-state index in [1.165, 1.54) is 24.1 Å². The number of rotatable bonds is 3. The Bertz CT molecular complexity index is 991. The highest BCUT2D eigenvalue weighted by Crippen LogP contribution is 2.53. The number of fused-ring (bicyclic) bond motifs is 1. The minimum absolute atomic E-state index is 0.0767. The Hall–Kier alpha value is -2.94. The minimum Gasteiger partial charge on any atom is -0.420 e. The standard InChI is InChI=1S/C22H27N5O/c1-13(2)22(16-9-14(3)10-17(11-16)27-7-5-6-8-27)18(12-23)20(24)28-21-19(22)15(4)25-26-21/h9-11,13H,5-8,24H2,1-4H3,(H,25,26). The summed E-state index contributed by atoms with van der Waals surface area (Å²) in [5.74, 6) is 0.680. The summed E-state index contributed by atoms with van der Waals surface area (Å²) < 4.78 is 5.73. The number of H-pyrrole nitrogens is 1. The molecule has 1 fully saturated rings. The molecule has 1 saturated heterocycles. The first kappa shape index (κ1) is 18.4. The Morgan fingerprint density at radius 3 is 2.61 bits per heavy atom. The van der Waals surface area contributed by atoms with Gasteiger partial charge in [0, 0.05) is 24.5 Å². The summed E-state index contributed by atoms with van der Waals surface area (Å²) >= 11 is 0. The van der Waals surface area contributed by atoms with Crippen LogP contribution in [0.15, 0.2) is 29.7 Å². The van der Waals surface area contributed by atoms with Crippen molar-refractivity contribution in [3.8, 4) is 11.9 Å². The van der Waals surface area contributed by atoms with Gasteiger partial charge >= 0.3 is 0 Å². The number of nitrogens with zero attached hydrogens (tertiary/aromatic N) is 3. The maximum atomic E-state index is 10.1. The molecule has 0 radical (unpaired) electrons. The van der Waals surface area contributed by atoms with E-state index in [-0.39, 0.29) is 11.8 Å². The van der Waals surface area contributed by atoms with E-state index in [0.29, 0.717) is 11.5 Å². The largest absolute Gasteiger partial charge is 0.420 e. The molecule has 1 aromatic carbocycles. The molecule has 1 atom stereocenters. The van der Waals surface area contributed by atoms with Gasteiger partial charge in [0.1, 0.15) is 11.6 Å². The van der Waals surface area contributed by atoms with E-state index in [1.807, 2.05) is 6.92 Å². The van der Waals surface area contributed by atoms with Crippen LogP contribution in [0.5, 0.6) is 5.88 Å². The zero-order valence-electron chi connectivity index (χ0n) is 17.0. The molecule has 4 rings (SSSR count). The van der Waals surface area contributed by atoms with Gasteiger partial charge in [0.05, 0.1) is 11.0 Å². The monoisotopic (exact) mass is 377 g/mol. The van der Waals surface area contributed by atoms with Crippen molar-refractivity contribution in [1.29, 1.82) is 5.26 Å². The van der Waals surface area contributed by atoms with Gasteiger partial charge in [-0.05, 0) is 55.9 Å². The van der Waals surface area contributed by atoms with Crippen LogP contribution in [-0.2, 0) is 5.41 Å². The first-order chi connectivity index (χ1) is 13.4. The second-order valence-electron chi connectivity index (χ2n) is 8.20. The van der Waals surface area contributed by atoms with Crippen LogP contribution in [0.2, 0.25) is 0 Å². The fraction of sp³-hybridized carbons (Fsp3) is 0.455. The normalized spacial score (nSPS) is 21.6. The lowest BCUT2D eigenvalue weighted by Gasteiger charge is -2.41. The van der Waals surface area contributed by atoms with Crippen molar-refractivity contribution in [1.82, 2.24) is 10.2 Å². The summed E-state index contributed by atoms with van der Waals surface area (Å²) in [5.41, 5.74) is 11.2. The predicted molar refractivity (Wildman–Crippen MR) is 109 cm³/mol.